The lowest BCUT2D eigenvalue weighted by atomic mass is 10.1. The van der Waals surface area contributed by atoms with Crippen molar-refractivity contribution in [1.82, 2.24) is 4.98 Å². The summed E-state index contributed by atoms with van der Waals surface area (Å²) in [5.74, 6) is -0.601. The highest BCUT2D eigenvalue weighted by molar-refractivity contribution is 7.15. The van der Waals surface area contributed by atoms with E-state index in [4.69, 9.17) is 10.5 Å². The molecule has 1 aromatic carbocycles. The monoisotopic (exact) mass is 323 g/mol. The summed E-state index contributed by atoms with van der Waals surface area (Å²) in [4.78, 5) is 17.0. The maximum atomic E-state index is 13.7. The van der Waals surface area contributed by atoms with Crippen molar-refractivity contribution in [3.05, 3.63) is 46.2 Å². The van der Waals surface area contributed by atoms with Gasteiger partial charge in [0.15, 0.2) is 5.13 Å². The second kappa shape index (κ2) is 7.44. The molecule has 3 N–H and O–H groups in total. The zero-order valence-electron chi connectivity index (χ0n) is 12.4. The first-order valence-corrected chi connectivity index (χ1v) is 7.58. The standard InChI is InChI=1S/C15H18FN3O2S/c1-9-13(7-10-5-3-4-6-11(10)16)22-15(18-9)19-14(20)12(17)8-21-2/h3-6,12H,7-8,17H2,1-2H3,(H,18,19,20). The summed E-state index contributed by atoms with van der Waals surface area (Å²) < 4.78 is 18.5. The molecule has 0 aliphatic heterocycles. The molecule has 0 saturated heterocycles. The lowest BCUT2D eigenvalue weighted by Crippen LogP contribution is -2.39. The third-order valence-corrected chi connectivity index (χ3v) is 4.19. The highest BCUT2D eigenvalue weighted by Crippen LogP contribution is 2.26. The average molecular weight is 323 g/mol. The Kier molecular flexibility index (Phi) is 5.59. The number of nitrogens with zero attached hydrogens (tertiary/aromatic N) is 1. The van der Waals surface area contributed by atoms with E-state index in [-0.39, 0.29) is 18.3 Å². The smallest absolute Gasteiger partial charge is 0.245 e. The van der Waals surface area contributed by atoms with Gasteiger partial charge in [0, 0.05) is 18.4 Å². The van der Waals surface area contributed by atoms with Gasteiger partial charge in [0.05, 0.1) is 12.3 Å². The molecule has 1 aromatic heterocycles. The number of thiazole rings is 1. The zero-order valence-corrected chi connectivity index (χ0v) is 13.2. The Morgan fingerprint density at radius 3 is 2.91 bits per heavy atom. The van der Waals surface area contributed by atoms with Crippen LogP contribution in [0, 0.1) is 12.7 Å². The molecule has 0 fully saturated rings. The number of halogens is 1. The minimum absolute atomic E-state index is 0.137. The molecule has 0 bridgehead atoms. The molecule has 0 aliphatic rings. The molecule has 0 saturated carbocycles. The number of anilines is 1. The molecule has 5 nitrogen and oxygen atoms in total. The summed E-state index contributed by atoms with van der Waals surface area (Å²) in [6.45, 7) is 1.97. The first kappa shape index (κ1) is 16.5. The number of aryl methyl sites for hydroxylation is 1. The van der Waals surface area contributed by atoms with Gasteiger partial charge < -0.3 is 15.8 Å². The molecule has 0 spiro atoms. The number of amides is 1. The third-order valence-electron chi connectivity index (χ3n) is 3.11. The molecule has 7 heteroatoms. The van der Waals surface area contributed by atoms with Crippen LogP contribution in [0.2, 0.25) is 0 Å². The van der Waals surface area contributed by atoms with Crippen LogP contribution in [0.1, 0.15) is 16.1 Å². The van der Waals surface area contributed by atoms with Gasteiger partial charge >= 0.3 is 0 Å². The van der Waals surface area contributed by atoms with Crippen LogP contribution < -0.4 is 11.1 Å². The van der Waals surface area contributed by atoms with Crippen molar-refractivity contribution in [1.29, 1.82) is 0 Å². The van der Waals surface area contributed by atoms with Crippen LogP contribution in [0.15, 0.2) is 24.3 Å². The number of nitrogens with two attached hydrogens (primary N) is 1. The van der Waals surface area contributed by atoms with E-state index in [9.17, 15) is 9.18 Å². The van der Waals surface area contributed by atoms with Crippen molar-refractivity contribution in [3.63, 3.8) is 0 Å². The predicted octanol–water partition coefficient (Wildman–Crippen LogP) is 2.09. The highest BCUT2D eigenvalue weighted by atomic mass is 32.1. The van der Waals surface area contributed by atoms with Gasteiger partial charge in [0.2, 0.25) is 5.91 Å². The molecule has 118 valence electrons. The first-order chi connectivity index (χ1) is 10.5. The fraction of sp³-hybridized carbons (Fsp3) is 0.333. The van der Waals surface area contributed by atoms with E-state index in [1.807, 2.05) is 6.92 Å². The van der Waals surface area contributed by atoms with Crippen molar-refractivity contribution in [2.75, 3.05) is 19.0 Å². The van der Waals surface area contributed by atoms with E-state index >= 15 is 0 Å². The minimum atomic E-state index is -0.746. The largest absolute Gasteiger partial charge is 0.383 e. The summed E-state index contributed by atoms with van der Waals surface area (Å²) in [5, 5.41) is 3.12. The minimum Gasteiger partial charge on any atom is -0.383 e. The maximum absolute atomic E-state index is 13.7. The van der Waals surface area contributed by atoms with Crippen LogP contribution in [0.5, 0.6) is 0 Å². The van der Waals surface area contributed by atoms with Crippen LogP contribution in [-0.4, -0.2) is 30.6 Å². The number of benzene rings is 1. The Morgan fingerprint density at radius 1 is 1.50 bits per heavy atom. The number of ether oxygens (including phenoxy) is 1. The van der Waals surface area contributed by atoms with Gasteiger partial charge in [0.1, 0.15) is 11.9 Å². The predicted molar refractivity (Wildman–Crippen MR) is 84.5 cm³/mol. The molecule has 22 heavy (non-hydrogen) atoms. The van der Waals surface area contributed by atoms with Gasteiger partial charge in [-0.3, -0.25) is 4.79 Å². The van der Waals surface area contributed by atoms with Gasteiger partial charge in [-0.05, 0) is 18.6 Å². The van der Waals surface area contributed by atoms with E-state index < -0.39 is 6.04 Å². The highest BCUT2D eigenvalue weighted by Gasteiger charge is 2.16. The Morgan fingerprint density at radius 2 is 2.23 bits per heavy atom. The van der Waals surface area contributed by atoms with Crippen molar-refractivity contribution >= 4 is 22.4 Å². The molecule has 1 unspecified atom stereocenters. The van der Waals surface area contributed by atoms with Crippen LogP contribution in [0.4, 0.5) is 9.52 Å². The molecule has 1 atom stereocenters. The normalized spacial score (nSPS) is 12.2. The van der Waals surface area contributed by atoms with E-state index in [1.165, 1.54) is 24.5 Å². The lowest BCUT2D eigenvalue weighted by molar-refractivity contribution is -0.118. The second-order valence-electron chi connectivity index (χ2n) is 4.85. The Hall–Kier alpha value is -1.83. The van der Waals surface area contributed by atoms with E-state index in [0.29, 0.717) is 17.1 Å². The molecule has 2 rings (SSSR count). The number of methoxy groups -OCH3 is 1. The summed E-state index contributed by atoms with van der Waals surface area (Å²) in [5.41, 5.74) is 7.02. The topological polar surface area (TPSA) is 77.2 Å². The summed E-state index contributed by atoms with van der Waals surface area (Å²) >= 11 is 1.32. The third kappa shape index (κ3) is 4.09. The first-order valence-electron chi connectivity index (χ1n) is 6.76. The number of carbonyl (C=O) groups is 1. The van der Waals surface area contributed by atoms with Crippen molar-refractivity contribution in [2.45, 2.75) is 19.4 Å². The fourth-order valence-corrected chi connectivity index (χ4v) is 2.90. The second-order valence-corrected chi connectivity index (χ2v) is 5.93. The van der Waals surface area contributed by atoms with Crippen molar-refractivity contribution in [2.24, 2.45) is 5.73 Å². The summed E-state index contributed by atoms with van der Waals surface area (Å²) in [6.07, 6.45) is 0.441. The summed E-state index contributed by atoms with van der Waals surface area (Å²) in [6, 6.07) is 5.87. The quantitative estimate of drug-likeness (QED) is 0.853. The van der Waals surface area contributed by atoms with E-state index in [0.717, 1.165) is 10.6 Å². The number of hydrogen-bond donors (Lipinski definition) is 2. The van der Waals surface area contributed by atoms with Crippen molar-refractivity contribution in [3.8, 4) is 0 Å². The average Bonchev–Trinajstić information content (AvgIpc) is 2.81. The van der Waals surface area contributed by atoms with E-state index in [2.05, 4.69) is 10.3 Å². The Labute approximate surface area is 132 Å². The van der Waals surface area contributed by atoms with Gasteiger partial charge in [-0.25, -0.2) is 9.37 Å². The molecule has 0 radical (unpaired) electrons. The molecule has 1 amide bonds. The van der Waals surface area contributed by atoms with Crippen LogP contribution >= 0.6 is 11.3 Å². The van der Waals surface area contributed by atoms with Gasteiger partial charge in [-0.15, -0.1) is 11.3 Å². The van der Waals surface area contributed by atoms with Gasteiger partial charge in [0.25, 0.3) is 0 Å². The molecular formula is C15H18FN3O2S. The number of hydrogen-bond acceptors (Lipinski definition) is 5. The van der Waals surface area contributed by atoms with Crippen LogP contribution in [0.25, 0.3) is 0 Å². The molecule has 2 aromatic rings. The van der Waals surface area contributed by atoms with Crippen LogP contribution in [0.3, 0.4) is 0 Å². The van der Waals surface area contributed by atoms with E-state index in [1.54, 1.807) is 18.2 Å². The van der Waals surface area contributed by atoms with Crippen molar-refractivity contribution < 1.29 is 13.9 Å². The van der Waals surface area contributed by atoms with Gasteiger partial charge in [-0.2, -0.15) is 0 Å². The molecular weight excluding hydrogens is 305 g/mol. The van der Waals surface area contributed by atoms with Crippen LogP contribution in [-0.2, 0) is 16.0 Å². The SMILES string of the molecule is COCC(N)C(=O)Nc1nc(C)c(Cc2ccccc2F)s1. The Balaban J connectivity index is 2.08. The lowest BCUT2D eigenvalue weighted by Gasteiger charge is -2.08. The summed E-state index contributed by atoms with van der Waals surface area (Å²) in [7, 11) is 1.48. The number of carbonyl (C=O) groups excluding carboxylic acids is 1. The number of rotatable bonds is 6. The van der Waals surface area contributed by atoms with Gasteiger partial charge in [-0.1, -0.05) is 18.2 Å². The molecule has 0 aliphatic carbocycles. The Bertz CT molecular complexity index is 660. The molecule has 1 heterocycles. The fourth-order valence-electron chi connectivity index (χ4n) is 1.91. The number of aromatic nitrogens is 1. The zero-order chi connectivity index (χ0) is 16.1. The number of nitrogens with one attached hydrogen (secondary N) is 1. The maximum Gasteiger partial charge on any atom is 0.245 e.